The second-order valence-corrected chi connectivity index (χ2v) is 5.72. The van der Waals surface area contributed by atoms with Gasteiger partial charge in [0.15, 0.2) is 0 Å². The molecule has 5 nitrogen and oxygen atoms in total. The van der Waals surface area contributed by atoms with Gasteiger partial charge in [0.05, 0.1) is 12.5 Å². The fraction of sp³-hybridized carbons (Fsp3) is 0.529. The van der Waals surface area contributed by atoms with Gasteiger partial charge >= 0.3 is 6.09 Å². The number of piperidine rings is 1. The zero-order valence-corrected chi connectivity index (χ0v) is 13.5. The predicted octanol–water partition coefficient (Wildman–Crippen LogP) is 3.11. The molecule has 2 rings (SSSR count). The Morgan fingerprint density at radius 3 is 2.86 bits per heavy atom. The van der Waals surface area contributed by atoms with Gasteiger partial charge in [0.1, 0.15) is 0 Å². The molecule has 1 fully saturated rings. The molecular weight excluding hydrogens is 280 g/mol. The topological polar surface area (TPSA) is 58.6 Å². The molecule has 22 heavy (non-hydrogen) atoms. The molecule has 1 aromatic carbocycles. The smallest absolute Gasteiger partial charge is 0.409 e. The first-order valence-corrected chi connectivity index (χ1v) is 7.81. The third kappa shape index (κ3) is 3.78. The zero-order valence-electron chi connectivity index (χ0n) is 13.5. The Labute approximate surface area is 131 Å². The van der Waals surface area contributed by atoms with E-state index in [1.807, 2.05) is 32.0 Å². The SMILES string of the molecule is CCOC(=O)N1CCCC(C(=O)Nc2cccc(C)c2C)C1. The van der Waals surface area contributed by atoms with Gasteiger partial charge in [0.2, 0.25) is 5.91 Å². The number of nitrogens with zero attached hydrogens (tertiary/aromatic N) is 1. The lowest BCUT2D eigenvalue weighted by Crippen LogP contribution is -2.44. The summed E-state index contributed by atoms with van der Waals surface area (Å²) < 4.78 is 5.02. The molecule has 1 atom stereocenters. The third-order valence-corrected chi connectivity index (χ3v) is 4.18. The number of benzene rings is 1. The number of amides is 2. The first-order chi connectivity index (χ1) is 10.5. The summed E-state index contributed by atoms with van der Waals surface area (Å²) in [6.45, 7) is 7.24. The summed E-state index contributed by atoms with van der Waals surface area (Å²) in [4.78, 5) is 25.9. The standard InChI is InChI=1S/C17H24N2O3/c1-4-22-17(21)19-10-6-8-14(11-19)16(20)18-15-9-5-7-12(2)13(15)3/h5,7,9,14H,4,6,8,10-11H2,1-3H3,(H,18,20). The molecule has 1 saturated heterocycles. The van der Waals surface area contributed by atoms with E-state index in [1.165, 1.54) is 0 Å². The number of aryl methyl sites for hydroxylation is 1. The molecule has 1 heterocycles. The zero-order chi connectivity index (χ0) is 16.1. The van der Waals surface area contributed by atoms with E-state index >= 15 is 0 Å². The molecule has 1 unspecified atom stereocenters. The van der Waals surface area contributed by atoms with Crippen molar-refractivity contribution in [1.82, 2.24) is 4.90 Å². The first kappa shape index (κ1) is 16.3. The van der Waals surface area contributed by atoms with Crippen LogP contribution in [0.1, 0.15) is 30.9 Å². The lowest BCUT2D eigenvalue weighted by Gasteiger charge is -2.31. The molecule has 5 heteroatoms. The van der Waals surface area contributed by atoms with Gasteiger partial charge in [-0.2, -0.15) is 0 Å². The Balaban J connectivity index is 2.00. The summed E-state index contributed by atoms with van der Waals surface area (Å²) in [6.07, 6.45) is 1.29. The largest absolute Gasteiger partial charge is 0.450 e. The highest BCUT2D eigenvalue weighted by Gasteiger charge is 2.29. The molecule has 0 radical (unpaired) electrons. The Morgan fingerprint density at radius 1 is 1.36 bits per heavy atom. The number of hydrogen-bond donors (Lipinski definition) is 1. The van der Waals surface area contributed by atoms with Crippen LogP contribution in [0.25, 0.3) is 0 Å². The van der Waals surface area contributed by atoms with E-state index in [2.05, 4.69) is 5.32 Å². The maximum atomic E-state index is 12.5. The number of likely N-dealkylation sites (tertiary alicyclic amines) is 1. The van der Waals surface area contributed by atoms with Crippen LogP contribution in [0, 0.1) is 19.8 Å². The van der Waals surface area contributed by atoms with Gasteiger partial charge in [-0.3, -0.25) is 4.79 Å². The van der Waals surface area contributed by atoms with Gasteiger partial charge in [-0.15, -0.1) is 0 Å². The van der Waals surface area contributed by atoms with E-state index in [1.54, 1.807) is 11.8 Å². The van der Waals surface area contributed by atoms with Gasteiger partial charge in [-0.05, 0) is 50.8 Å². The van der Waals surface area contributed by atoms with Crippen molar-refractivity contribution in [3.05, 3.63) is 29.3 Å². The summed E-state index contributed by atoms with van der Waals surface area (Å²) in [5.41, 5.74) is 3.07. The fourth-order valence-corrected chi connectivity index (χ4v) is 2.69. The van der Waals surface area contributed by atoms with Crippen LogP contribution in [0.5, 0.6) is 0 Å². The van der Waals surface area contributed by atoms with Crippen LogP contribution >= 0.6 is 0 Å². The van der Waals surface area contributed by atoms with E-state index in [4.69, 9.17) is 4.74 Å². The van der Waals surface area contributed by atoms with Crippen molar-refractivity contribution >= 4 is 17.7 Å². The quantitative estimate of drug-likeness (QED) is 0.933. The van der Waals surface area contributed by atoms with Crippen LogP contribution in [-0.2, 0) is 9.53 Å². The maximum absolute atomic E-state index is 12.5. The molecule has 0 bridgehead atoms. The molecule has 2 amide bonds. The highest BCUT2D eigenvalue weighted by atomic mass is 16.6. The van der Waals surface area contributed by atoms with Crippen LogP contribution < -0.4 is 5.32 Å². The Morgan fingerprint density at radius 2 is 2.14 bits per heavy atom. The second kappa shape index (κ2) is 7.29. The molecule has 0 aromatic heterocycles. The van der Waals surface area contributed by atoms with Gasteiger partial charge in [0, 0.05) is 18.8 Å². The number of anilines is 1. The molecule has 1 aliphatic rings. The van der Waals surface area contributed by atoms with Crippen molar-refractivity contribution in [2.24, 2.45) is 5.92 Å². The fourth-order valence-electron chi connectivity index (χ4n) is 2.69. The number of hydrogen-bond acceptors (Lipinski definition) is 3. The van der Waals surface area contributed by atoms with E-state index in [-0.39, 0.29) is 17.9 Å². The molecule has 1 N–H and O–H groups in total. The Bertz CT molecular complexity index is 557. The van der Waals surface area contributed by atoms with Crippen molar-refractivity contribution in [3.63, 3.8) is 0 Å². The van der Waals surface area contributed by atoms with Crippen molar-refractivity contribution < 1.29 is 14.3 Å². The normalized spacial score (nSPS) is 18.0. The molecule has 1 aliphatic heterocycles. The van der Waals surface area contributed by atoms with E-state index < -0.39 is 0 Å². The van der Waals surface area contributed by atoms with Crippen molar-refractivity contribution in [3.8, 4) is 0 Å². The summed E-state index contributed by atoms with van der Waals surface area (Å²) in [7, 11) is 0. The average Bonchev–Trinajstić information content (AvgIpc) is 2.52. The molecule has 0 spiro atoms. The minimum Gasteiger partial charge on any atom is -0.450 e. The van der Waals surface area contributed by atoms with Crippen LogP contribution in [0.3, 0.4) is 0 Å². The average molecular weight is 304 g/mol. The number of ether oxygens (including phenoxy) is 1. The van der Waals surface area contributed by atoms with E-state index in [0.717, 1.165) is 29.7 Å². The van der Waals surface area contributed by atoms with Crippen molar-refractivity contribution in [2.75, 3.05) is 25.0 Å². The van der Waals surface area contributed by atoms with Crippen molar-refractivity contribution in [1.29, 1.82) is 0 Å². The molecular formula is C17H24N2O3. The van der Waals surface area contributed by atoms with Crippen LogP contribution in [-0.4, -0.2) is 36.6 Å². The molecule has 0 aliphatic carbocycles. The van der Waals surface area contributed by atoms with Gasteiger partial charge < -0.3 is 15.0 Å². The highest BCUT2D eigenvalue weighted by Crippen LogP contribution is 2.22. The Hall–Kier alpha value is -2.04. The lowest BCUT2D eigenvalue weighted by atomic mass is 9.97. The number of carbonyl (C=O) groups is 2. The number of carbonyl (C=O) groups excluding carboxylic acids is 2. The first-order valence-electron chi connectivity index (χ1n) is 7.81. The van der Waals surface area contributed by atoms with Crippen LogP contribution in [0.4, 0.5) is 10.5 Å². The summed E-state index contributed by atoms with van der Waals surface area (Å²) in [5.74, 6) is -0.208. The lowest BCUT2D eigenvalue weighted by molar-refractivity contribution is -0.121. The molecule has 120 valence electrons. The second-order valence-electron chi connectivity index (χ2n) is 5.72. The molecule has 0 saturated carbocycles. The highest BCUT2D eigenvalue weighted by molar-refractivity contribution is 5.93. The van der Waals surface area contributed by atoms with Gasteiger partial charge in [-0.1, -0.05) is 12.1 Å². The number of rotatable bonds is 3. The summed E-state index contributed by atoms with van der Waals surface area (Å²) in [5, 5.41) is 2.99. The monoisotopic (exact) mass is 304 g/mol. The van der Waals surface area contributed by atoms with E-state index in [9.17, 15) is 9.59 Å². The summed E-state index contributed by atoms with van der Waals surface area (Å²) >= 11 is 0. The minimum atomic E-state index is -0.327. The van der Waals surface area contributed by atoms with Gasteiger partial charge in [-0.25, -0.2) is 4.79 Å². The predicted molar refractivity (Wildman–Crippen MR) is 85.9 cm³/mol. The van der Waals surface area contributed by atoms with E-state index in [0.29, 0.717) is 19.7 Å². The maximum Gasteiger partial charge on any atom is 0.409 e. The van der Waals surface area contributed by atoms with Crippen LogP contribution in [0.2, 0.25) is 0 Å². The van der Waals surface area contributed by atoms with Crippen LogP contribution in [0.15, 0.2) is 18.2 Å². The number of nitrogens with one attached hydrogen (secondary N) is 1. The minimum absolute atomic E-state index is 0.0253. The Kier molecular flexibility index (Phi) is 5.41. The summed E-state index contributed by atoms with van der Waals surface area (Å²) in [6, 6.07) is 5.87. The van der Waals surface area contributed by atoms with Crippen molar-refractivity contribution in [2.45, 2.75) is 33.6 Å². The van der Waals surface area contributed by atoms with Gasteiger partial charge in [0.25, 0.3) is 0 Å². The third-order valence-electron chi connectivity index (χ3n) is 4.18. The molecule has 1 aromatic rings.